The number of benzene rings is 2. The van der Waals surface area contributed by atoms with Gasteiger partial charge in [0.1, 0.15) is 5.25 Å². The highest BCUT2D eigenvalue weighted by atomic mass is 32.2. The predicted octanol–water partition coefficient (Wildman–Crippen LogP) is 2.16. The van der Waals surface area contributed by atoms with E-state index < -0.39 is 21.3 Å². The summed E-state index contributed by atoms with van der Waals surface area (Å²) in [4.78, 5) is 5.59. The first-order valence-electron chi connectivity index (χ1n) is 9.59. The molecule has 0 aliphatic carbocycles. The Morgan fingerprint density at radius 1 is 1.07 bits per heavy atom. The molecule has 0 bridgehead atoms. The van der Waals surface area contributed by atoms with Crippen LogP contribution in [0, 0.1) is 0 Å². The fourth-order valence-corrected chi connectivity index (χ4v) is 5.15. The molecule has 1 aliphatic rings. The van der Waals surface area contributed by atoms with Gasteiger partial charge >= 0.3 is 0 Å². The maximum atomic E-state index is 13.1. The largest absolute Gasteiger partial charge is 0.493 e. The third-order valence-corrected chi connectivity index (χ3v) is 6.97. The number of methoxy groups -OCH3 is 3. The molecule has 3 rings (SSSR count). The predicted molar refractivity (Wildman–Crippen MR) is 113 cm³/mol. The number of hydrogen-bond acceptors (Lipinski definition) is 7. The van der Waals surface area contributed by atoms with Crippen LogP contribution in [0.1, 0.15) is 17.2 Å². The summed E-state index contributed by atoms with van der Waals surface area (Å²) in [7, 11) is 2.64. The Balaban J connectivity index is 1.83. The molecule has 30 heavy (non-hydrogen) atoms. The SMILES string of the molecule is COc1cc(C2C(S(=O)(=O)NCCc3ccccc3)CON2C)cc(OC)c1OC. The van der Waals surface area contributed by atoms with Gasteiger partial charge in [0.05, 0.1) is 34.0 Å². The molecule has 0 saturated carbocycles. The van der Waals surface area contributed by atoms with Gasteiger partial charge in [0.2, 0.25) is 15.8 Å². The average Bonchev–Trinajstić information content (AvgIpc) is 3.15. The van der Waals surface area contributed by atoms with Crippen LogP contribution in [0.15, 0.2) is 42.5 Å². The molecule has 9 heteroatoms. The van der Waals surface area contributed by atoms with Crippen molar-refractivity contribution in [1.29, 1.82) is 0 Å². The smallest absolute Gasteiger partial charge is 0.218 e. The van der Waals surface area contributed by atoms with E-state index in [0.29, 0.717) is 35.8 Å². The minimum absolute atomic E-state index is 0.0541. The fraction of sp³-hybridized carbons (Fsp3) is 0.429. The lowest BCUT2D eigenvalue weighted by Gasteiger charge is -2.24. The second-order valence-corrected chi connectivity index (χ2v) is 8.94. The molecule has 1 saturated heterocycles. The zero-order valence-corrected chi connectivity index (χ0v) is 18.4. The van der Waals surface area contributed by atoms with Gasteiger partial charge < -0.3 is 14.2 Å². The Morgan fingerprint density at radius 3 is 2.27 bits per heavy atom. The van der Waals surface area contributed by atoms with E-state index in [9.17, 15) is 8.42 Å². The van der Waals surface area contributed by atoms with Crippen molar-refractivity contribution in [3.05, 3.63) is 53.6 Å². The van der Waals surface area contributed by atoms with Gasteiger partial charge in [0.15, 0.2) is 11.5 Å². The second kappa shape index (κ2) is 9.65. The third-order valence-electron chi connectivity index (χ3n) is 5.17. The minimum Gasteiger partial charge on any atom is -0.493 e. The number of sulfonamides is 1. The van der Waals surface area contributed by atoms with Crippen LogP contribution in [-0.2, 0) is 21.3 Å². The third kappa shape index (κ3) is 4.70. The Labute approximate surface area is 177 Å². The zero-order valence-electron chi connectivity index (χ0n) is 17.6. The molecule has 1 heterocycles. The van der Waals surface area contributed by atoms with Gasteiger partial charge in [-0.25, -0.2) is 13.1 Å². The van der Waals surface area contributed by atoms with Crippen molar-refractivity contribution in [3.63, 3.8) is 0 Å². The molecule has 1 aliphatic heterocycles. The number of nitrogens with zero attached hydrogens (tertiary/aromatic N) is 1. The van der Waals surface area contributed by atoms with Crippen molar-refractivity contribution >= 4 is 10.0 Å². The van der Waals surface area contributed by atoms with Crippen molar-refractivity contribution in [2.24, 2.45) is 0 Å². The molecule has 2 atom stereocenters. The molecule has 0 radical (unpaired) electrons. The lowest BCUT2D eigenvalue weighted by molar-refractivity contribution is -0.110. The van der Waals surface area contributed by atoms with E-state index in [2.05, 4.69) is 4.72 Å². The molecule has 2 aromatic carbocycles. The fourth-order valence-electron chi connectivity index (χ4n) is 3.64. The summed E-state index contributed by atoms with van der Waals surface area (Å²) in [5.41, 5.74) is 1.77. The number of nitrogens with one attached hydrogen (secondary N) is 1. The summed E-state index contributed by atoms with van der Waals surface area (Å²) in [6, 6.07) is 12.7. The zero-order chi connectivity index (χ0) is 21.7. The van der Waals surface area contributed by atoms with Gasteiger partial charge in [-0.05, 0) is 29.7 Å². The summed E-state index contributed by atoms with van der Waals surface area (Å²) in [5, 5.41) is 0.767. The van der Waals surface area contributed by atoms with Crippen molar-refractivity contribution in [1.82, 2.24) is 9.79 Å². The van der Waals surface area contributed by atoms with Gasteiger partial charge in [0.25, 0.3) is 0 Å². The van der Waals surface area contributed by atoms with E-state index in [0.717, 1.165) is 5.56 Å². The van der Waals surface area contributed by atoms with Crippen molar-refractivity contribution in [2.75, 3.05) is 41.5 Å². The molecule has 2 aromatic rings. The van der Waals surface area contributed by atoms with E-state index in [4.69, 9.17) is 19.0 Å². The van der Waals surface area contributed by atoms with Crippen LogP contribution < -0.4 is 18.9 Å². The van der Waals surface area contributed by atoms with Gasteiger partial charge in [0, 0.05) is 13.6 Å². The van der Waals surface area contributed by atoms with Gasteiger partial charge in [-0.1, -0.05) is 30.3 Å². The summed E-state index contributed by atoms with van der Waals surface area (Å²) >= 11 is 0. The maximum Gasteiger partial charge on any atom is 0.218 e. The molecular formula is C21H28N2O6S. The Morgan fingerprint density at radius 2 is 1.70 bits per heavy atom. The van der Waals surface area contributed by atoms with Crippen molar-refractivity contribution in [2.45, 2.75) is 17.7 Å². The molecule has 0 amide bonds. The number of rotatable bonds is 9. The van der Waals surface area contributed by atoms with E-state index in [1.807, 2.05) is 30.3 Å². The summed E-state index contributed by atoms with van der Waals surface area (Å²) in [6.45, 7) is 0.368. The molecule has 0 aromatic heterocycles. The molecule has 8 nitrogen and oxygen atoms in total. The van der Waals surface area contributed by atoms with Crippen LogP contribution in [0.2, 0.25) is 0 Å². The molecular weight excluding hydrogens is 408 g/mol. The van der Waals surface area contributed by atoms with Gasteiger partial charge in [-0.3, -0.25) is 4.84 Å². The van der Waals surface area contributed by atoms with Crippen LogP contribution in [0.3, 0.4) is 0 Å². The summed E-state index contributed by atoms with van der Waals surface area (Å²) < 4.78 is 45.1. The van der Waals surface area contributed by atoms with Crippen LogP contribution >= 0.6 is 0 Å². The van der Waals surface area contributed by atoms with E-state index >= 15 is 0 Å². The van der Waals surface area contributed by atoms with Crippen LogP contribution in [0.5, 0.6) is 17.2 Å². The summed E-state index contributed by atoms with van der Waals surface area (Å²) in [6.07, 6.45) is 0.609. The molecule has 2 unspecified atom stereocenters. The van der Waals surface area contributed by atoms with Gasteiger partial charge in [-0.15, -0.1) is 0 Å². The van der Waals surface area contributed by atoms with Crippen molar-refractivity contribution in [3.8, 4) is 17.2 Å². The topological polar surface area (TPSA) is 86.3 Å². The highest BCUT2D eigenvalue weighted by Gasteiger charge is 2.43. The quantitative estimate of drug-likeness (QED) is 0.645. The standard InChI is InChI=1S/C21H28N2O6S/c1-23-20(16-12-17(26-2)21(28-4)18(13-16)27-3)19(14-29-23)30(24,25)22-11-10-15-8-6-5-7-9-15/h5-9,12-13,19-20,22H,10-11,14H2,1-4H3. The first-order chi connectivity index (χ1) is 14.4. The highest BCUT2D eigenvalue weighted by molar-refractivity contribution is 7.90. The van der Waals surface area contributed by atoms with E-state index in [1.54, 1.807) is 24.2 Å². The highest BCUT2D eigenvalue weighted by Crippen LogP contribution is 2.43. The van der Waals surface area contributed by atoms with Crippen molar-refractivity contribution < 1.29 is 27.5 Å². The normalized spacial score (nSPS) is 19.6. The monoisotopic (exact) mass is 436 g/mol. The lowest BCUT2D eigenvalue weighted by Crippen LogP contribution is -2.40. The van der Waals surface area contributed by atoms with E-state index in [1.165, 1.54) is 21.3 Å². The minimum atomic E-state index is -3.64. The number of hydroxylamine groups is 2. The molecule has 0 spiro atoms. The number of hydrogen-bond donors (Lipinski definition) is 1. The first kappa shape index (κ1) is 22.4. The van der Waals surface area contributed by atoms with Crippen LogP contribution in [-0.4, -0.2) is 60.3 Å². The molecule has 164 valence electrons. The maximum absolute atomic E-state index is 13.1. The Kier molecular flexibility index (Phi) is 7.19. The van der Waals surface area contributed by atoms with Crippen LogP contribution in [0.25, 0.3) is 0 Å². The second-order valence-electron chi connectivity index (χ2n) is 6.96. The molecule has 1 N–H and O–H groups in total. The first-order valence-corrected chi connectivity index (χ1v) is 11.1. The van der Waals surface area contributed by atoms with E-state index in [-0.39, 0.29) is 6.61 Å². The lowest BCUT2D eigenvalue weighted by atomic mass is 10.0. The summed E-state index contributed by atoms with van der Waals surface area (Å²) in [5.74, 6) is 1.37. The molecule has 1 fully saturated rings. The average molecular weight is 437 g/mol. The van der Waals surface area contributed by atoms with Gasteiger partial charge in [-0.2, -0.15) is 5.06 Å². The van der Waals surface area contributed by atoms with Crippen LogP contribution in [0.4, 0.5) is 0 Å². The Hall–Kier alpha value is -2.33. The number of ether oxygens (including phenoxy) is 3. The Bertz CT molecular complexity index is 926.